The molecule has 0 radical (unpaired) electrons. The standard InChI is InChI=1S/C39H76NO8P/c1-3-5-7-9-11-13-15-16-17-18-19-20-21-22-24-26-28-30-32-39(43)46-35-37(41)36-48-49(44,45)47-34-33-40-38(42)31-29-27-25-23-14-12-10-8-6-4-2/h17-18,37,41H,3-16,19-36H2,1-2H3,(H,40,42)(H,44,45)/b18-17-. The molecule has 9 nitrogen and oxygen atoms in total. The van der Waals surface area contributed by atoms with Gasteiger partial charge in [-0.05, 0) is 38.5 Å². The van der Waals surface area contributed by atoms with Gasteiger partial charge in [0.2, 0.25) is 5.91 Å². The Hall–Kier alpha value is -1.25. The Balaban J connectivity index is 3.59. The number of allylic oxidation sites excluding steroid dienone is 2. The SMILES string of the molecule is CCCCCCCCC/C=C\CCCCCCCCCC(=O)OCC(O)COP(=O)(O)OCCNC(=O)CCCCCCCCCCCC. The van der Waals surface area contributed by atoms with E-state index in [2.05, 4.69) is 31.3 Å². The molecule has 0 aromatic heterocycles. The predicted octanol–water partition coefficient (Wildman–Crippen LogP) is 10.7. The first kappa shape index (κ1) is 47.8. The van der Waals surface area contributed by atoms with Crippen molar-refractivity contribution in [1.82, 2.24) is 5.32 Å². The fourth-order valence-electron chi connectivity index (χ4n) is 5.61. The van der Waals surface area contributed by atoms with Crippen molar-refractivity contribution in [3.63, 3.8) is 0 Å². The molecular weight excluding hydrogens is 641 g/mol. The molecule has 0 rings (SSSR count). The molecule has 3 N–H and O–H groups in total. The minimum absolute atomic E-state index is 0.0850. The lowest BCUT2D eigenvalue weighted by atomic mass is 10.1. The van der Waals surface area contributed by atoms with Gasteiger partial charge >= 0.3 is 13.8 Å². The highest BCUT2D eigenvalue weighted by molar-refractivity contribution is 7.47. The Morgan fingerprint density at radius 2 is 1.04 bits per heavy atom. The number of carbonyl (C=O) groups is 2. The number of esters is 1. The summed E-state index contributed by atoms with van der Waals surface area (Å²) in [6.45, 7) is 3.54. The van der Waals surface area contributed by atoms with Crippen LogP contribution in [0.15, 0.2) is 12.2 Å². The molecule has 10 heteroatoms. The van der Waals surface area contributed by atoms with Gasteiger partial charge in [0.15, 0.2) is 0 Å². The molecule has 0 bridgehead atoms. The van der Waals surface area contributed by atoms with Gasteiger partial charge in [0.05, 0.1) is 13.2 Å². The third-order valence-corrected chi connectivity index (χ3v) is 9.68. The quantitative estimate of drug-likeness (QED) is 0.0249. The molecule has 290 valence electrons. The normalized spacial score (nSPS) is 13.5. The summed E-state index contributed by atoms with van der Waals surface area (Å²) < 4.78 is 26.8. The summed E-state index contributed by atoms with van der Waals surface area (Å²) in [5, 5.41) is 12.7. The zero-order valence-electron chi connectivity index (χ0n) is 31.7. The van der Waals surface area contributed by atoms with Crippen LogP contribution in [0.1, 0.15) is 194 Å². The van der Waals surface area contributed by atoms with Crippen LogP contribution in [0.3, 0.4) is 0 Å². The molecule has 0 saturated heterocycles. The third-order valence-electron chi connectivity index (χ3n) is 8.70. The number of unbranched alkanes of at least 4 members (excludes halogenated alkanes) is 23. The molecule has 0 spiro atoms. The van der Waals surface area contributed by atoms with Crippen molar-refractivity contribution in [3.8, 4) is 0 Å². The highest BCUT2D eigenvalue weighted by Gasteiger charge is 2.23. The smallest absolute Gasteiger partial charge is 0.463 e. The maximum atomic E-state index is 12.0. The van der Waals surface area contributed by atoms with Crippen LogP contribution in [0.2, 0.25) is 0 Å². The van der Waals surface area contributed by atoms with Crippen molar-refractivity contribution < 1.29 is 37.9 Å². The van der Waals surface area contributed by atoms with E-state index < -0.39 is 26.5 Å². The first-order valence-electron chi connectivity index (χ1n) is 20.2. The zero-order valence-corrected chi connectivity index (χ0v) is 32.5. The number of nitrogens with one attached hydrogen (secondary N) is 1. The summed E-state index contributed by atoms with van der Waals surface area (Å²) in [4.78, 5) is 33.7. The Bertz CT molecular complexity index is 825. The molecule has 2 atom stereocenters. The van der Waals surface area contributed by atoms with Crippen molar-refractivity contribution in [2.45, 2.75) is 200 Å². The molecule has 0 aromatic rings. The van der Waals surface area contributed by atoms with Gasteiger partial charge < -0.3 is 20.1 Å². The van der Waals surface area contributed by atoms with E-state index in [1.165, 1.54) is 128 Å². The number of aliphatic hydroxyl groups excluding tert-OH is 1. The molecule has 0 aromatic carbocycles. The van der Waals surface area contributed by atoms with Gasteiger partial charge in [-0.25, -0.2) is 4.57 Å². The van der Waals surface area contributed by atoms with Crippen LogP contribution < -0.4 is 5.32 Å². The maximum Gasteiger partial charge on any atom is 0.472 e. The van der Waals surface area contributed by atoms with Crippen molar-refractivity contribution in [2.24, 2.45) is 0 Å². The van der Waals surface area contributed by atoms with E-state index in [4.69, 9.17) is 13.8 Å². The molecule has 1 amide bonds. The van der Waals surface area contributed by atoms with Gasteiger partial charge in [-0.2, -0.15) is 0 Å². The highest BCUT2D eigenvalue weighted by Crippen LogP contribution is 2.42. The van der Waals surface area contributed by atoms with Gasteiger partial charge in [0.1, 0.15) is 12.7 Å². The van der Waals surface area contributed by atoms with Gasteiger partial charge in [-0.1, -0.05) is 154 Å². The number of rotatable bonds is 38. The molecule has 2 unspecified atom stereocenters. The number of amides is 1. The number of aliphatic hydroxyl groups is 1. The fourth-order valence-corrected chi connectivity index (χ4v) is 6.37. The molecule has 0 saturated carbocycles. The molecular formula is C39H76NO8P. The Morgan fingerprint density at radius 3 is 1.53 bits per heavy atom. The monoisotopic (exact) mass is 718 g/mol. The molecule has 0 aliphatic carbocycles. The average molecular weight is 718 g/mol. The summed E-state index contributed by atoms with van der Waals surface area (Å²) in [6, 6.07) is 0. The van der Waals surface area contributed by atoms with Gasteiger partial charge in [-0.15, -0.1) is 0 Å². The maximum absolute atomic E-state index is 12.0. The molecule has 0 aliphatic rings. The summed E-state index contributed by atoms with van der Waals surface area (Å²) in [5.41, 5.74) is 0. The second-order valence-corrected chi connectivity index (χ2v) is 15.1. The topological polar surface area (TPSA) is 131 Å². The summed E-state index contributed by atoms with van der Waals surface area (Å²) in [5.74, 6) is -0.517. The second kappa shape index (κ2) is 36.5. The van der Waals surface area contributed by atoms with Crippen LogP contribution >= 0.6 is 7.82 Å². The minimum Gasteiger partial charge on any atom is -0.463 e. The Labute approximate surface area is 300 Å². The number of hydrogen-bond donors (Lipinski definition) is 3. The number of phosphoric ester groups is 1. The summed E-state index contributed by atoms with van der Waals surface area (Å²) in [6.07, 6.45) is 35.7. The Kier molecular flexibility index (Phi) is 35.6. The van der Waals surface area contributed by atoms with Crippen LogP contribution in [0.25, 0.3) is 0 Å². The molecule has 0 heterocycles. The molecule has 0 aliphatic heterocycles. The van der Waals surface area contributed by atoms with Crippen molar-refractivity contribution >= 4 is 19.7 Å². The van der Waals surface area contributed by atoms with Gasteiger partial charge in [0, 0.05) is 19.4 Å². The van der Waals surface area contributed by atoms with Gasteiger partial charge in [-0.3, -0.25) is 18.6 Å². The highest BCUT2D eigenvalue weighted by atomic mass is 31.2. The van der Waals surface area contributed by atoms with E-state index >= 15 is 0 Å². The van der Waals surface area contributed by atoms with E-state index in [1.807, 2.05) is 0 Å². The van der Waals surface area contributed by atoms with Crippen molar-refractivity contribution in [2.75, 3.05) is 26.4 Å². The van der Waals surface area contributed by atoms with Crippen LogP contribution in [-0.2, 0) is 27.9 Å². The number of carbonyl (C=O) groups excluding carboxylic acids is 2. The van der Waals surface area contributed by atoms with Gasteiger partial charge in [0.25, 0.3) is 0 Å². The first-order chi connectivity index (χ1) is 23.8. The zero-order chi connectivity index (χ0) is 36.1. The summed E-state index contributed by atoms with van der Waals surface area (Å²) in [7, 11) is -4.40. The lowest BCUT2D eigenvalue weighted by Crippen LogP contribution is -2.27. The van der Waals surface area contributed by atoms with E-state index in [0.717, 1.165) is 38.5 Å². The van der Waals surface area contributed by atoms with E-state index in [0.29, 0.717) is 6.42 Å². The second-order valence-electron chi connectivity index (χ2n) is 13.6. The molecule has 0 fully saturated rings. The number of hydrogen-bond acceptors (Lipinski definition) is 7. The van der Waals surface area contributed by atoms with Crippen molar-refractivity contribution in [1.29, 1.82) is 0 Å². The predicted molar refractivity (Wildman–Crippen MR) is 201 cm³/mol. The summed E-state index contributed by atoms with van der Waals surface area (Å²) >= 11 is 0. The van der Waals surface area contributed by atoms with Crippen LogP contribution in [0.5, 0.6) is 0 Å². The number of ether oxygens (including phenoxy) is 1. The largest absolute Gasteiger partial charge is 0.472 e. The van der Waals surface area contributed by atoms with Crippen LogP contribution in [-0.4, -0.2) is 54.3 Å². The average Bonchev–Trinajstić information content (AvgIpc) is 3.08. The van der Waals surface area contributed by atoms with E-state index in [1.54, 1.807) is 0 Å². The lowest BCUT2D eigenvalue weighted by molar-refractivity contribution is -0.147. The number of phosphoric acid groups is 1. The Morgan fingerprint density at radius 1 is 0.612 bits per heavy atom. The van der Waals surface area contributed by atoms with Crippen molar-refractivity contribution in [3.05, 3.63) is 12.2 Å². The van der Waals surface area contributed by atoms with E-state index in [-0.39, 0.29) is 32.1 Å². The molecule has 49 heavy (non-hydrogen) atoms. The third kappa shape index (κ3) is 37.8. The van der Waals surface area contributed by atoms with Crippen LogP contribution in [0.4, 0.5) is 0 Å². The first-order valence-corrected chi connectivity index (χ1v) is 21.7. The van der Waals surface area contributed by atoms with E-state index in [9.17, 15) is 24.2 Å². The fraction of sp³-hybridized carbons (Fsp3) is 0.897. The lowest BCUT2D eigenvalue weighted by Gasteiger charge is -2.15. The minimum atomic E-state index is -4.40. The van der Waals surface area contributed by atoms with Crippen LogP contribution in [0, 0.1) is 0 Å².